The first-order valence-corrected chi connectivity index (χ1v) is 12.6. The zero-order valence-electron chi connectivity index (χ0n) is 19.1. The molecule has 0 bridgehead atoms. The summed E-state index contributed by atoms with van der Waals surface area (Å²) >= 11 is 6.14. The van der Waals surface area contributed by atoms with Gasteiger partial charge in [0.25, 0.3) is 15.6 Å². The molecule has 0 saturated heterocycles. The van der Waals surface area contributed by atoms with E-state index in [1.165, 1.54) is 67.8 Å². The van der Waals surface area contributed by atoms with E-state index in [2.05, 4.69) is 15.2 Å². The van der Waals surface area contributed by atoms with E-state index < -0.39 is 27.2 Å². The molecule has 5 rings (SSSR count). The number of anilines is 1. The van der Waals surface area contributed by atoms with Gasteiger partial charge in [0, 0.05) is 24.3 Å². The average molecular weight is 537 g/mol. The Balaban J connectivity index is 1.80. The number of amides is 1. The minimum Gasteiger partial charge on any atom is -0.278 e. The maximum atomic E-state index is 13.8. The maximum Gasteiger partial charge on any atom is 0.365 e. The van der Waals surface area contributed by atoms with Crippen LogP contribution in [-0.2, 0) is 14.8 Å². The Morgan fingerprint density at radius 1 is 1.03 bits per heavy atom. The minimum absolute atomic E-state index is 0.0532. The Hall–Kier alpha value is -4.55. The summed E-state index contributed by atoms with van der Waals surface area (Å²) in [6.45, 7) is 1.19. The molecule has 5 aromatic rings. The second-order valence-corrected chi connectivity index (χ2v) is 10.1. The van der Waals surface area contributed by atoms with Gasteiger partial charge < -0.3 is 0 Å². The number of aromatic amines is 1. The third kappa shape index (κ3) is 4.11. The molecule has 1 amide bonds. The van der Waals surface area contributed by atoms with Crippen molar-refractivity contribution in [2.45, 2.75) is 11.8 Å². The lowest BCUT2D eigenvalue weighted by molar-refractivity contribution is -0.117. The van der Waals surface area contributed by atoms with Gasteiger partial charge in [-0.05, 0) is 54.1 Å². The van der Waals surface area contributed by atoms with E-state index in [-0.39, 0.29) is 30.5 Å². The Kier molecular flexibility index (Phi) is 5.97. The number of carbonyl (C=O) groups excluding carboxylic acids is 1. The molecule has 13 heteroatoms. The smallest absolute Gasteiger partial charge is 0.278 e. The molecule has 2 aromatic carbocycles. The molecule has 0 aliphatic rings. The standard InChI is InChI=1S/C24H17ClN6O5S/c1-15(32)29(18-3-2-11-26-14-18)30-22-13-17(25)6-9-20(22)23(33)31(24(30)34)37(35,36)19-7-4-16(5-8-19)21-10-12-27-28-21/h2-14H,1H3,(H,27,28). The molecule has 0 aliphatic carbocycles. The second kappa shape index (κ2) is 9.15. The summed E-state index contributed by atoms with van der Waals surface area (Å²) in [6.07, 6.45) is 4.34. The van der Waals surface area contributed by atoms with Crippen LogP contribution in [0.2, 0.25) is 5.02 Å². The van der Waals surface area contributed by atoms with E-state index in [0.29, 0.717) is 11.3 Å². The highest BCUT2D eigenvalue weighted by Gasteiger charge is 2.29. The van der Waals surface area contributed by atoms with Crippen LogP contribution in [0.15, 0.2) is 93.7 Å². The molecule has 3 heterocycles. The molecule has 1 N–H and O–H groups in total. The highest BCUT2D eigenvalue weighted by molar-refractivity contribution is 7.90. The molecule has 0 spiro atoms. The molecule has 0 aliphatic heterocycles. The summed E-state index contributed by atoms with van der Waals surface area (Å²) in [7, 11) is -4.69. The summed E-state index contributed by atoms with van der Waals surface area (Å²) < 4.78 is 28.2. The van der Waals surface area contributed by atoms with Crippen LogP contribution < -0.4 is 16.3 Å². The van der Waals surface area contributed by atoms with Crippen molar-refractivity contribution in [1.29, 1.82) is 0 Å². The van der Waals surface area contributed by atoms with E-state index in [9.17, 15) is 22.8 Å². The maximum absolute atomic E-state index is 13.8. The van der Waals surface area contributed by atoms with Crippen LogP contribution in [-0.4, -0.2) is 38.2 Å². The number of H-pyrrole nitrogens is 1. The van der Waals surface area contributed by atoms with Crippen molar-refractivity contribution >= 4 is 44.1 Å². The van der Waals surface area contributed by atoms with Crippen LogP contribution in [0, 0.1) is 0 Å². The monoisotopic (exact) mass is 536 g/mol. The second-order valence-electron chi connectivity index (χ2n) is 7.87. The summed E-state index contributed by atoms with van der Waals surface area (Å²) in [5.74, 6) is -0.636. The number of nitrogens with one attached hydrogen (secondary N) is 1. The first-order valence-electron chi connectivity index (χ1n) is 10.7. The first-order chi connectivity index (χ1) is 17.7. The van der Waals surface area contributed by atoms with Gasteiger partial charge in [-0.1, -0.05) is 23.7 Å². The van der Waals surface area contributed by atoms with Crippen LogP contribution in [0.5, 0.6) is 0 Å². The lowest BCUT2D eigenvalue weighted by atomic mass is 10.2. The van der Waals surface area contributed by atoms with Crippen molar-refractivity contribution in [3.8, 4) is 11.3 Å². The molecule has 0 unspecified atom stereocenters. The van der Waals surface area contributed by atoms with Gasteiger partial charge in [-0.25, -0.2) is 18.2 Å². The average Bonchev–Trinajstić information content (AvgIpc) is 3.42. The van der Waals surface area contributed by atoms with Gasteiger partial charge in [0.05, 0.1) is 33.4 Å². The molecule has 0 saturated carbocycles. The molecule has 186 valence electrons. The summed E-state index contributed by atoms with van der Waals surface area (Å²) in [4.78, 5) is 43.6. The van der Waals surface area contributed by atoms with Gasteiger partial charge in [0.2, 0.25) is 5.91 Å². The fourth-order valence-electron chi connectivity index (χ4n) is 3.90. The molecule has 11 nitrogen and oxygen atoms in total. The van der Waals surface area contributed by atoms with Gasteiger partial charge >= 0.3 is 5.69 Å². The van der Waals surface area contributed by atoms with Gasteiger partial charge in [-0.15, -0.1) is 3.97 Å². The van der Waals surface area contributed by atoms with E-state index in [0.717, 1.165) is 9.69 Å². The third-order valence-corrected chi connectivity index (χ3v) is 7.46. The SMILES string of the molecule is CC(=O)N(c1cccnc1)n1c(=O)n(S(=O)(=O)c2ccc(-c3ccn[nH]3)cc2)c(=O)c2ccc(Cl)cc21. The molecule has 37 heavy (non-hydrogen) atoms. The minimum atomic E-state index is -4.69. The number of hydrogen-bond acceptors (Lipinski definition) is 7. The molecule has 3 aromatic heterocycles. The Morgan fingerprint density at radius 3 is 2.41 bits per heavy atom. The highest BCUT2D eigenvalue weighted by atomic mass is 35.5. The van der Waals surface area contributed by atoms with Crippen LogP contribution in [0.25, 0.3) is 22.2 Å². The number of pyridine rings is 1. The number of nitrogens with zero attached hydrogens (tertiary/aromatic N) is 5. The predicted molar refractivity (Wildman–Crippen MR) is 137 cm³/mol. The van der Waals surface area contributed by atoms with Crippen LogP contribution in [0.1, 0.15) is 6.92 Å². The number of fused-ring (bicyclic) bond motifs is 1. The van der Waals surface area contributed by atoms with Crippen molar-refractivity contribution in [1.82, 2.24) is 23.8 Å². The van der Waals surface area contributed by atoms with Crippen molar-refractivity contribution < 1.29 is 13.2 Å². The largest absolute Gasteiger partial charge is 0.365 e. The number of carbonyl (C=O) groups is 1. The van der Waals surface area contributed by atoms with Gasteiger partial charge in [-0.2, -0.15) is 9.77 Å². The quantitative estimate of drug-likeness (QED) is 0.364. The molecule has 0 radical (unpaired) electrons. The highest BCUT2D eigenvalue weighted by Crippen LogP contribution is 2.23. The van der Waals surface area contributed by atoms with Crippen LogP contribution in [0.4, 0.5) is 5.69 Å². The fraction of sp³-hybridized carbons (Fsp3) is 0.0417. The van der Waals surface area contributed by atoms with Gasteiger partial charge in [0.15, 0.2) is 0 Å². The number of halogens is 1. The molecule has 0 fully saturated rings. The summed E-state index contributed by atoms with van der Waals surface area (Å²) in [5.41, 5.74) is -0.947. The third-order valence-electron chi connectivity index (χ3n) is 5.55. The van der Waals surface area contributed by atoms with Crippen molar-refractivity contribution in [3.63, 3.8) is 0 Å². The number of rotatable bonds is 5. The van der Waals surface area contributed by atoms with Crippen molar-refractivity contribution in [2.75, 3.05) is 5.01 Å². The Morgan fingerprint density at radius 2 is 1.78 bits per heavy atom. The lowest BCUT2D eigenvalue weighted by Gasteiger charge is -2.25. The van der Waals surface area contributed by atoms with E-state index in [4.69, 9.17) is 11.6 Å². The topological polar surface area (TPSA) is 140 Å². The first kappa shape index (κ1) is 24.2. The zero-order valence-corrected chi connectivity index (χ0v) is 20.6. The van der Waals surface area contributed by atoms with Crippen LogP contribution >= 0.6 is 11.6 Å². The molecular weight excluding hydrogens is 520 g/mol. The van der Waals surface area contributed by atoms with E-state index in [1.54, 1.807) is 18.3 Å². The van der Waals surface area contributed by atoms with Crippen LogP contribution in [0.3, 0.4) is 0 Å². The summed E-state index contributed by atoms with van der Waals surface area (Å²) in [5, 5.41) is 7.59. The van der Waals surface area contributed by atoms with E-state index in [1.807, 2.05) is 0 Å². The number of benzene rings is 2. The Bertz CT molecular complexity index is 1870. The summed E-state index contributed by atoms with van der Waals surface area (Å²) in [6, 6.07) is 14.3. The normalized spacial score (nSPS) is 11.5. The van der Waals surface area contributed by atoms with Gasteiger partial charge in [0.1, 0.15) is 0 Å². The van der Waals surface area contributed by atoms with Gasteiger partial charge in [-0.3, -0.25) is 19.7 Å². The molecule has 0 atom stereocenters. The number of aromatic nitrogens is 5. The molecular formula is C24H17ClN6O5S. The number of hydrogen-bond donors (Lipinski definition) is 1. The predicted octanol–water partition coefficient (Wildman–Crippen LogP) is 2.65. The lowest BCUT2D eigenvalue weighted by Crippen LogP contribution is -2.51. The van der Waals surface area contributed by atoms with Crippen molar-refractivity contribution in [2.24, 2.45) is 0 Å². The van der Waals surface area contributed by atoms with Crippen molar-refractivity contribution in [3.05, 3.63) is 105 Å². The fourth-order valence-corrected chi connectivity index (χ4v) is 5.35. The zero-order chi connectivity index (χ0) is 26.3. The Labute approximate surface area is 214 Å². The van der Waals surface area contributed by atoms with E-state index >= 15 is 0 Å².